The highest BCUT2D eigenvalue weighted by atomic mass is 35.5. The molecule has 0 bridgehead atoms. The second-order valence-electron chi connectivity index (χ2n) is 5.06. The summed E-state index contributed by atoms with van der Waals surface area (Å²) in [6, 6.07) is 0.0745. The molecular formula is C11H23ClN2O3S. The largest absolute Gasteiger partial charge is 0.351 e. The predicted octanol–water partition coefficient (Wildman–Crippen LogP) is 0.347. The monoisotopic (exact) mass is 298 g/mol. The van der Waals surface area contributed by atoms with Crippen LogP contribution in [-0.4, -0.2) is 45.0 Å². The summed E-state index contributed by atoms with van der Waals surface area (Å²) in [5, 5.41) is 5.94. The highest BCUT2D eigenvalue weighted by molar-refractivity contribution is 7.92. The fraction of sp³-hybridized carbons (Fsp3) is 0.909. The number of piperidine rings is 1. The highest BCUT2D eigenvalue weighted by Gasteiger charge is 2.21. The normalized spacial score (nSPS) is 20.3. The van der Waals surface area contributed by atoms with E-state index in [2.05, 4.69) is 10.6 Å². The molecule has 1 amide bonds. The number of hydrogen-bond donors (Lipinski definition) is 2. The number of nitrogens with one attached hydrogen (secondary N) is 2. The van der Waals surface area contributed by atoms with Crippen molar-refractivity contribution in [3.05, 3.63) is 0 Å². The molecule has 1 rings (SSSR count). The van der Waals surface area contributed by atoms with Crippen molar-refractivity contribution in [3.63, 3.8) is 0 Å². The molecule has 1 atom stereocenters. The Balaban J connectivity index is 0.00000289. The Labute approximate surface area is 115 Å². The van der Waals surface area contributed by atoms with Crippen LogP contribution in [0.3, 0.4) is 0 Å². The lowest BCUT2D eigenvalue weighted by atomic mass is 10.1. The molecule has 0 radical (unpaired) electrons. The van der Waals surface area contributed by atoms with Crippen molar-refractivity contribution in [2.45, 2.75) is 32.7 Å². The number of rotatable bonds is 5. The lowest BCUT2D eigenvalue weighted by Gasteiger charge is -2.23. The zero-order chi connectivity index (χ0) is 12.9. The fourth-order valence-electron chi connectivity index (χ4n) is 2.01. The molecule has 5 nitrogen and oxygen atoms in total. The molecule has 0 aromatic heterocycles. The minimum absolute atomic E-state index is 0. The van der Waals surface area contributed by atoms with Crippen molar-refractivity contribution in [3.8, 4) is 0 Å². The van der Waals surface area contributed by atoms with Gasteiger partial charge in [-0.3, -0.25) is 4.79 Å². The first-order valence-electron chi connectivity index (χ1n) is 6.09. The molecule has 0 aliphatic carbocycles. The van der Waals surface area contributed by atoms with Gasteiger partial charge in [0, 0.05) is 12.6 Å². The Hall–Kier alpha value is -0.330. The molecule has 1 fully saturated rings. The van der Waals surface area contributed by atoms with Crippen LogP contribution in [0.25, 0.3) is 0 Å². The Kier molecular flexibility index (Phi) is 7.82. The van der Waals surface area contributed by atoms with Crippen molar-refractivity contribution < 1.29 is 13.2 Å². The topological polar surface area (TPSA) is 75.3 Å². The molecule has 1 saturated heterocycles. The molecule has 18 heavy (non-hydrogen) atoms. The second-order valence-corrected chi connectivity index (χ2v) is 7.17. The SMILES string of the molecule is CC(C)CS(=O)(=O)CC(=O)NC1CCCNC1.Cl. The van der Waals surface area contributed by atoms with Gasteiger partial charge in [0.05, 0.1) is 5.75 Å². The maximum atomic E-state index is 11.6. The van der Waals surface area contributed by atoms with Crippen molar-refractivity contribution in [2.75, 3.05) is 24.6 Å². The van der Waals surface area contributed by atoms with Crippen LogP contribution in [0.5, 0.6) is 0 Å². The van der Waals surface area contributed by atoms with Gasteiger partial charge in [-0.2, -0.15) is 0 Å². The molecule has 0 spiro atoms. The van der Waals surface area contributed by atoms with Gasteiger partial charge in [-0.15, -0.1) is 12.4 Å². The number of sulfone groups is 1. The zero-order valence-electron chi connectivity index (χ0n) is 10.9. The third-order valence-electron chi connectivity index (χ3n) is 2.60. The molecule has 2 N–H and O–H groups in total. The van der Waals surface area contributed by atoms with Crippen molar-refractivity contribution >= 4 is 28.2 Å². The smallest absolute Gasteiger partial charge is 0.235 e. The van der Waals surface area contributed by atoms with Crippen LogP contribution in [0.2, 0.25) is 0 Å². The van der Waals surface area contributed by atoms with Gasteiger partial charge >= 0.3 is 0 Å². The minimum atomic E-state index is -3.26. The number of carbonyl (C=O) groups excluding carboxylic acids is 1. The average molecular weight is 299 g/mol. The summed E-state index contributed by atoms with van der Waals surface area (Å²) in [7, 11) is -3.26. The quantitative estimate of drug-likeness (QED) is 0.768. The van der Waals surface area contributed by atoms with Crippen LogP contribution in [0.15, 0.2) is 0 Å². The average Bonchev–Trinajstić information content (AvgIpc) is 2.15. The summed E-state index contributed by atoms with van der Waals surface area (Å²) >= 11 is 0. The van der Waals surface area contributed by atoms with Gasteiger partial charge in [-0.25, -0.2) is 8.42 Å². The van der Waals surface area contributed by atoms with E-state index in [0.717, 1.165) is 25.9 Å². The molecule has 1 heterocycles. The maximum absolute atomic E-state index is 11.6. The van der Waals surface area contributed by atoms with Crippen LogP contribution in [0.1, 0.15) is 26.7 Å². The zero-order valence-corrected chi connectivity index (χ0v) is 12.6. The first kappa shape index (κ1) is 17.7. The van der Waals surface area contributed by atoms with E-state index >= 15 is 0 Å². The van der Waals surface area contributed by atoms with E-state index in [1.807, 2.05) is 13.8 Å². The van der Waals surface area contributed by atoms with Gasteiger partial charge in [-0.05, 0) is 25.3 Å². The molecule has 0 aromatic rings. The first-order valence-corrected chi connectivity index (χ1v) is 7.91. The summed E-state index contributed by atoms with van der Waals surface area (Å²) in [6.07, 6.45) is 1.94. The molecular weight excluding hydrogens is 276 g/mol. The third-order valence-corrected chi connectivity index (χ3v) is 4.48. The van der Waals surface area contributed by atoms with E-state index in [9.17, 15) is 13.2 Å². The van der Waals surface area contributed by atoms with E-state index in [1.165, 1.54) is 0 Å². The van der Waals surface area contributed by atoms with Crippen molar-refractivity contribution in [1.29, 1.82) is 0 Å². The second kappa shape index (κ2) is 7.96. The summed E-state index contributed by atoms with van der Waals surface area (Å²) in [5.74, 6) is -0.631. The molecule has 1 unspecified atom stereocenters. The lowest BCUT2D eigenvalue weighted by Crippen LogP contribution is -2.47. The van der Waals surface area contributed by atoms with Gasteiger partial charge in [0.15, 0.2) is 9.84 Å². The van der Waals surface area contributed by atoms with Crippen molar-refractivity contribution in [2.24, 2.45) is 5.92 Å². The molecule has 0 aromatic carbocycles. The van der Waals surface area contributed by atoms with E-state index in [4.69, 9.17) is 0 Å². The predicted molar refractivity (Wildman–Crippen MR) is 74.8 cm³/mol. The van der Waals surface area contributed by atoms with Crippen LogP contribution < -0.4 is 10.6 Å². The number of carbonyl (C=O) groups is 1. The van der Waals surface area contributed by atoms with E-state index in [0.29, 0.717) is 0 Å². The minimum Gasteiger partial charge on any atom is -0.351 e. The molecule has 1 aliphatic rings. The first-order chi connectivity index (χ1) is 7.89. The number of amides is 1. The van der Waals surface area contributed by atoms with Crippen LogP contribution in [0, 0.1) is 5.92 Å². The Bertz CT molecular complexity index is 351. The number of halogens is 1. The van der Waals surface area contributed by atoms with Gasteiger partial charge in [0.1, 0.15) is 5.75 Å². The van der Waals surface area contributed by atoms with Crippen molar-refractivity contribution in [1.82, 2.24) is 10.6 Å². The van der Waals surface area contributed by atoms with Crippen LogP contribution >= 0.6 is 12.4 Å². The summed E-state index contributed by atoms with van der Waals surface area (Å²) in [5.41, 5.74) is 0. The van der Waals surface area contributed by atoms with E-state index < -0.39 is 9.84 Å². The van der Waals surface area contributed by atoms with E-state index in [-0.39, 0.29) is 41.8 Å². The molecule has 108 valence electrons. The summed E-state index contributed by atoms with van der Waals surface area (Å²) in [4.78, 5) is 11.6. The van der Waals surface area contributed by atoms with Gasteiger partial charge in [0.2, 0.25) is 5.91 Å². The molecule has 0 saturated carbocycles. The maximum Gasteiger partial charge on any atom is 0.235 e. The summed E-state index contributed by atoms with van der Waals surface area (Å²) < 4.78 is 23.2. The summed E-state index contributed by atoms with van der Waals surface area (Å²) in [6.45, 7) is 5.37. The molecule has 7 heteroatoms. The van der Waals surface area contributed by atoms with E-state index in [1.54, 1.807) is 0 Å². The number of hydrogen-bond acceptors (Lipinski definition) is 4. The lowest BCUT2D eigenvalue weighted by molar-refractivity contribution is -0.119. The Morgan fingerprint density at radius 1 is 1.44 bits per heavy atom. The van der Waals surface area contributed by atoms with Crippen LogP contribution in [-0.2, 0) is 14.6 Å². The van der Waals surface area contributed by atoms with Gasteiger partial charge in [0.25, 0.3) is 0 Å². The molecule has 1 aliphatic heterocycles. The standard InChI is InChI=1S/C11H22N2O3S.ClH/c1-9(2)7-17(15,16)8-11(14)13-10-4-3-5-12-6-10;/h9-10,12H,3-8H2,1-2H3,(H,13,14);1H. The highest BCUT2D eigenvalue weighted by Crippen LogP contribution is 2.03. The van der Waals surface area contributed by atoms with Gasteiger partial charge in [-0.1, -0.05) is 13.8 Å². The Morgan fingerprint density at radius 2 is 2.11 bits per heavy atom. The third kappa shape index (κ3) is 7.18. The Morgan fingerprint density at radius 3 is 2.61 bits per heavy atom. The van der Waals surface area contributed by atoms with Gasteiger partial charge < -0.3 is 10.6 Å². The fourth-order valence-corrected chi connectivity index (χ4v) is 3.63. The van der Waals surface area contributed by atoms with Crippen LogP contribution in [0.4, 0.5) is 0 Å².